The van der Waals surface area contributed by atoms with Crippen LogP contribution in [0.1, 0.15) is 123 Å². The molecule has 322 valence electrons. The molecule has 0 bridgehead atoms. The van der Waals surface area contributed by atoms with Gasteiger partial charge in [-0.3, -0.25) is 15.0 Å². The molecule has 1 heterocycles. The highest BCUT2D eigenvalue weighted by atomic mass is 16.7. The summed E-state index contributed by atoms with van der Waals surface area (Å²) in [5.74, 6) is 6.45. The van der Waals surface area contributed by atoms with Crippen molar-refractivity contribution in [2.24, 2.45) is 16.3 Å². The van der Waals surface area contributed by atoms with Crippen molar-refractivity contribution in [2.75, 3.05) is 7.05 Å². The zero-order valence-electron chi connectivity index (χ0n) is 36.4. The number of alkyl carbamates (subject to hydrolysis) is 2. The normalized spacial score (nSPS) is 22.8. The van der Waals surface area contributed by atoms with Crippen molar-refractivity contribution >= 4 is 36.2 Å². The van der Waals surface area contributed by atoms with Crippen LogP contribution in [0.3, 0.4) is 0 Å². The zero-order valence-corrected chi connectivity index (χ0v) is 36.4. The van der Waals surface area contributed by atoms with Gasteiger partial charge in [0, 0.05) is 30.4 Å². The Labute approximate surface area is 352 Å². The molecule has 2 aromatic carbocycles. The van der Waals surface area contributed by atoms with Crippen LogP contribution in [0.4, 0.5) is 14.4 Å². The largest absolute Gasteiger partial charge is 0.514 e. The third kappa shape index (κ3) is 10.4. The van der Waals surface area contributed by atoms with Gasteiger partial charge in [-0.15, -0.1) is 0 Å². The van der Waals surface area contributed by atoms with Crippen LogP contribution in [0.15, 0.2) is 47.5 Å². The molecule has 3 amide bonds. The van der Waals surface area contributed by atoms with Gasteiger partial charge < -0.3 is 29.0 Å². The van der Waals surface area contributed by atoms with Crippen molar-refractivity contribution in [3.05, 3.63) is 64.7 Å². The van der Waals surface area contributed by atoms with Gasteiger partial charge in [0.1, 0.15) is 34.7 Å². The number of esters is 1. The number of amides is 3. The second kappa shape index (κ2) is 16.5. The van der Waals surface area contributed by atoms with E-state index in [0.717, 1.165) is 29.5 Å². The number of ether oxygens (including phenoxy) is 5. The molecule has 6 rings (SSSR count). The number of guanidine groups is 1. The van der Waals surface area contributed by atoms with Crippen molar-refractivity contribution < 1.29 is 47.7 Å². The number of hydrogen-bond donors (Lipinski definition) is 2. The molecular formula is C46H58N4O10. The molecule has 0 saturated heterocycles. The predicted molar refractivity (Wildman–Crippen MR) is 222 cm³/mol. The maximum Gasteiger partial charge on any atom is 0.514 e. The number of likely N-dealkylation sites (N-methyl/N-ethyl adjacent to an activating group) is 1. The molecule has 0 radical (unpaired) electrons. The Morgan fingerprint density at radius 3 is 2.07 bits per heavy atom. The van der Waals surface area contributed by atoms with Gasteiger partial charge in [-0.05, 0) is 148 Å². The fraction of sp³-hybridized carbons (Fsp3) is 0.565. The van der Waals surface area contributed by atoms with Crippen LogP contribution in [-0.4, -0.2) is 77.1 Å². The fourth-order valence-corrected chi connectivity index (χ4v) is 7.97. The van der Waals surface area contributed by atoms with Gasteiger partial charge in [-0.2, -0.15) is 0 Å². The molecule has 2 N–H and O–H groups in total. The summed E-state index contributed by atoms with van der Waals surface area (Å²) in [5, 5.41) is 5.41. The third-order valence-corrected chi connectivity index (χ3v) is 10.7. The van der Waals surface area contributed by atoms with E-state index in [1.165, 1.54) is 4.90 Å². The highest BCUT2D eigenvalue weighted by molar-refractivity contribution is 6.12. The van der Waals surface area contributed by atoms with Gasteiger partial charge in [-0.25, -0.2) is 24.2 Å². The van der Waals surface area contributed by atoms with Crippen LogP contribution in [-0.2, 0) is 46.9 Å². The van der Waals surface area contributed by atoms with E-state index < -0.39 is 64.2 Å². The average molecular weight is 827 g/mol. The number of carbonyl (C=O) groups excluding carboxylic acids is 5. The van der Waals surface area contributed by atoms with Gasteiger partial charge >= 0.3 is 24.3 Å². The van der Waals surface area contributed by atoms with E-state index in [0.29, 0.717) is 43.6 Å². The second-order valence-electron chi connectivity index (χ2n) is 19.3. The lowest BCUT2D eigenvalue weighted by molar-refractivity contribution is -0.156. The first-order valence-corrected chi connectivity index (χ1v) is 20.7. The summed E-state index contributed by atoms with van der Waals surface area (Å²) in [4.78, 5) is 73.3. The number of carbonyl (C=O) groups is 5. The molecule has 4 aliphatic rings. The van der Waals surface area contributed by atoms with Gasteiger partial charge in [0.05, 0.1) is 0 Å². The monoisotopic (exact) mass is 826 g/mol. The summed E-state index contributed by atoms with van der Waals surface area (Å²) >= 11 is 0. The van der Waals surface area contributed by atoms with Crippen molar-refractivity contribution in [1.82, 2.24) is 15.5 Å². The van der Waals surface area contributed by atoms with Crippen molar-refractivity contribution in [3.8, 4) is 17.6 Å². The molecular weight excluding hydrogens is 769 g/mol. The molecule has 60 heavy (non-hydrogen) atoms. The average Bonchev–Trinajstić information content (AvgIpc) is 3.87. The van der Waals surface area contributed by atoms with E-state index in [2.05, 4.69) is 22.5 Å². The molecule has 2 aromatic rings. The fourth-order valence-electron chi connectivity index (χ4n) is 7.97. The first-order chi connectivity index (χ1) is 27.9. The van der Waals surface area contributed by atoms with Crippen LogP contribution in [0.25, 0.3) is 0 Å². The van der Waals surface area contributed by atoms with Crippen LogP contribution in [0, 0.1) is 23.2 Å². The number of rotatable bonds is 6. The Morgan fingerprint density at radius 1 is 0.850 bits per heavy atom. The lowest BCUT2D eigenvalue weighted by atomic mass is 9.61. The number of fused-ring (bicyclic) bond motifs is 3. The Kier molecular flexibility index (Phi) is 12.1. The molecule has 2 spiro atoms. The van der Waals surface area contributed by atoms with Crippen LogP contribution in [0.5, 0.6) is 5.75 Å². The molecule has 14 nitrogen and oxygen atoms in total. The number of hydrogen-bond acceptors (Lipinski definition) is 11. The number of nitrogens with zero attached hydrogens (tertiary/aromatic N) is 2. The molecule has 3 aliphatic carbocycles. The molecule has 2 saturated carbocycles. The van der Waals surface area contributed by atoms with E-state index in [-0.39, 0.29) is 24.0 Å². The minimum absolute atomic E-state index is 0.0643. The van der Waals surface area contributed by atoms with Gasteiger partial charge in [-0.1, -0.05) is 30.0 Å². The maximum atomic E-state index is 14.7. The van der Waals surface area contributed by atoms with Crippen molar-refractivity contribution in [1.29, 1.82) is 0 Å². The summed E-state index contributed by atoms with van der Waals surface area (Å²) in [6.45, 7) is 15.7. The Balaban J connectivity index is 1.22. The SMILES string of the molecule is CN1C(=O)C2(N=C1NC(=O)OC(C)(C)C)c1cc(C#CC3CC3)ccc1CC21CCC(OC(=O)[C@H](Cc2ccc(OC(=O)OC(C)(C)C)cc2)NC(=O)OC(C)(C)C)CC1. The van der Waals surface area contributed by atoms with Crippen molar-refractivity contribution in [3.63, 3.8) is 0 Å². The lowest BCUT2D eigenvalue weighted by Gasteiger charge is -2.45. The van der Waals surface area contributed by atoms with Crippen LogP contribution in [0.2, 0.25) is 0 Å². The highest BCUT2D eigenvalue weighted by Gasteiger charge is 2.66. The second-order valence-corrected chi connectivity index (χ2v) is 19.3. The van der Waals surface area contributed by atoms with E-state index in [4.69, 9.17) is 28.7 Å². The summed E-state index contributed by atoms with van der Waals surface area (Å²) in [6, 6.07) is 11.4. The van der Waals surface area contributed by atoms with Crippen LogP contribution >= 0.6 is 0 Å². The lowest BCUT2D eigenvalue weighted by Crippen LogP contribution is -2.52. The quantitative estimate of drug-likeness (QED) is 0.129. The van der Waals surface area contributed by atoms with Gasteiger partial charge in [0.15, 0.2) is 5.54 Å². The van der Waals surface area contributed by atoms with E-state index >= 15 is 0 Å². The van der Waals surface area contributed by atoms with E-state index in [1.807, 2.05) is 18.2 Å². The Bertz CT molecular complexity index is 2100. The third-order valence-electron chi connectivity index (χ3n) is 10.7. The summed E-state index contributed by atoms with van der Waals surface area (Å²) in [7, 11) is 1.60. The summed E-state index contributed by atoms with van der Waals surface area (Å²) in [6.07, 6.45) is 1.74. The minimum atomic E-state index is -1.35. The minimum Gasteiger partial charge on any atom is -0.461 e. The molecule has 1 unspecified atom stereocenters. The highest BCUT2D eigenvalue weighted by Crippen LogP contribution is 2.62. The number of benzene rings is 2. The van der Waals surface area contributed by atoms with Crippen molar-refractivity contribution in [2.45, 2.75) is 148 Å². The maximum absolute atomic E-state index is 14.7. The Morgan fingerprint density at radius 2 is 1.47 bits per heavy atom. The zero-order chi connectivity index (χ0) is 43.8. The predicted octanol–water partition coefficient (Wildman–Crippen LogP) is 7.47. The van der Waals surface area contributed by atoms with E-state index in [9.17, 15) is 24.0 Å². The molecule has 0 aromatic heterocycles. The topological polar surface area (TPSA) is 171 Å². The van der Waals surface area contributed by atoms with Gasteiger partial charge in [0.2, 0.25) is 5.96 Å². The molecule has 2 fully saturated rings. The molecule has 14 heteroatoms. The van der Waals surface area contributed by atoms with E-state index in [1.54, 1.807) is 93.6 Å². The standard InChI is InChI=1S/C46H58N4O10/c1-42(2,3)58-39(53)47-35(26-30-16-19-32(20-17-30)57-41(55)60-44(7,8)9)36(51)56-33-21-23-45(24-22-33)27-31-18-15-29(14-13-28-11-12-28)25-34(31)46(45)37(52)50(10)38(49-46)48-40(54)59-43(4,5)6/h15-20,25,28,33,35H,11-12,21-24,26-27H2,1-10H3,(H,47,53)(H,48,49,54)/t33?,35-,45?,46?/m0/s1. The van der Waals surface area contributed by atoms with Crippen LogP contribution < -0.4 is 15.4 Å². The number of aliphatic imine (C=N–C) groups is 1. The first kappa shape index (κ1) is 44.0. The first-order valence-electron chi connectivity index (χ1n) is 20.7. The number of nitrogens with one attached hydrogen (secondary N) is 2. The smallest absolute Gasteiger partial charge is 0.461 e. The Hall–Kier alpha value is -5.58. The van der Waals surface area contributed by atoms with Gasteiger partial charge in [0.25, 0.3) is 5.91 Å². The summed E-state index contributed by atoms with van der Waals surface area (Å²) in [5.41, 5.74) is -1.14. The summed E-state index contributed by atoms with van der Waals surface area (Å²) < 4.78 is 27.7. The molecule has 1 aliphatic heterocycles. The molecule has 2 atom stereocenters.